The van der Waals surface area contributed by atoms with E-state index in [1.165, 1.54) is 0 Å². The highest BCUT2D eigenvalue weighted by Gasteiger charge is 2.34. The minimum absolute atomic E-state index is 0.0185. The SMILES string of the molecule is CCC[C@H]1CN(C(=O)c2nc(-c3ccccc3)[nH]c2C)C[C@@H]1N. The predicted octanol–water partition coefficient (Wildman–Crippen LogP) is 2.58. The van der Waals surface area contributed by atoms with E-state index in [1.807, 2.05) is 42.2 Å². The minimum atomic E-state index is -0.0185. The Kier molecular flexibility index (Phi) is 4.48. The summed E-state index contributed by atoms with van der Waals surface area (Å²) in [6, 6.07) is 9.93. The maximum absolute atomic E-state index is 12.8. The van der Waals surface area contributed by atoms with Crippen molar-refractivity contribution in [2.75, 3.05) is 13.1 Å². The fourth-order valence-electron chi connectivity index (χ4n) is 3.29. The maximum Gasteiger partial charge on any atom is 0.274 e. The molecule has 122 valence electrons. The summed E-state index contributed by atoms with van der Waals surface area (Å²) in [4.78, 5) is 22.4. The molecule has 0 aliphatic carbocycles. The Balaban J connectivity index is 1.80. The van der Waals surface area contributed by atoms with Gasteiger partial charge in [0.05, 0.1) is 0 Å². The van der Waals surface area contributed by atoms with Crippen molar-refractivity contribution >= 4 is 5.91 Å². The molecule has 2 aromatic rings. The molecule has 0 spiro atoms. The first-order valence-corrected chi connectivity index (χ1v) is 8.27. The number of amides is 1. The van der Waals surface area contributed by atoms with Crippen LogP contribution in [0.1, 0.15) is 35.9 Å². The summed E-state index contributed by atoms with van der Waals surface area (Å²) in [7, 11) is 0. The van der Waals surface area contributed by atoms with Gasteiger partial charge in [-0.1, -0.05) is 43.7 Å². The minimum Gasteiger partial charge on any atom is -0.341 e. The van der Waals surface area contributed by atoms with Crippen molar-refractivity contribution in [2.24, 2.45) is 11.7 Å². The van der Waals surface area contributed by atoms with Crippen LogP contribution in [-0.4, -0.2) is 39.9 Å². The molecule has 1 amide bonds. The maximum atomic E-state index is 12.8. The lowest BCUT2D eigenvalue weighted by molar-refractivity contribution is 0.0779. The number of aryl methyl sites for hydroxylation is 1. The molecule has 5 nitrogen and oxygen atoms in total. The third kappa shape index (κ3) is 3.15. The number of nitrogens with two attached hydrogens (primary N) is 1. The van der Waals surface area contributed by atoms with Crippen LogP contribution in [0.3, 0.4) is 0 Å². The third-order valence-corrected chi connectivity index (χ3v) is 4.57. The van der Waals surface area contributed by atoms with Gasteiger partial charge in [0, 0.05) is 30.4 Å². The lowest BCUT2D eigenvalue weighted by Gasteiger charge is -2.15. The topological polar surface area (TPSA) is 75.0 Å². The molecule has 1 aromatic carbocycles. The quantitative estimate of drug-likeness (QED) is 0.911. The van der Waals surface area contributed by atoms with Crippen LogP contribution in [0.5, 0.6) is 0 Å². The van der Waals surface area contributed by atoms with Gasteiger partial charge in [0.25, 0.3) is 5.91 Å². The Morgan fingerprint density at radius 3 is 2.78 bits per heavy atom. The predicted molar refractivity (Wildman–Crippen MR) is 91.0 cm³/mol. The molecule has 1 aromatic heterocycles. The second-order valence-corrected chi connectivity index (χ2v) is 6.35. The van der Waals surface area contributed by atoms with Gasteiger partial charge in [-0.2, -0.15) is 0 Å². The number of aromatic nitrogens is 2. The molecule has 3 rings (SSSR count). The van der Waals surface area contributed by atoms with Gasteiger partial charge in [0.1, 0.15) is 11.5 Å². The van der Waals surface area contributed by atoms with Crippen LogP contribution in [-0.2, 0) is 0 Å². The summed E-state index contributed by atoms with van der Waals surface area (Å²) in [6.07, 6.45) is 2.17. The summed E-state index contributed by atoms with van der Waals surface area (Å²) in [6.45, 7) is 5.41. The molecule has 1 aliphatic rings. The number of rotatable bonds is 4. The van der Waals surface area contributed by atoms with E-state index >= 15 is 0 Å². The average molecular weight is 312 g/mol. The molecule has 1 aliphatic heterocycles. The number of likely N-dealkylation sites (tertiary alicyclic amines) is 1. The molecular weight excluding hydrogens is 288 g/mol. The van der Waals surface area contributed by atoms with Gasteiger partial charge in [-0.05, 0) is 19.3 Å². The second kappa shape index (κ2) is 6.54. The van der Waals surface area contributed by atoms with Crippen LogP contribution in [0, 0.1) is 12.8 Å². The first kappa shape index (κ1) is 15.7. The number of benzene rings is 1. The van der Waals surface area contributed by atoms with Crippen LogP contribution in [0.25, 0.3) is 11.4 Å². The zero-order valence-electron chi connectivity index (χ0n) is 13.7. The summed E-state index contributed by atoms with van der Waals surface area (Å²) >= 11 is 0. The van der Waals surface area contributed by atoms with Gasteiger partial charge in [0.2, 0.25) is 0 Å². The molecule has 0 saturated carbocycles. The lowest BCUT2D eigenvalue weighted by Crippen LogP contribution is -2.32. The van der Waals surface area contributed by atoms with Gasteiger partial charge in [-0.3, -0.25) is 4.79 Å². The molecule has 2 heterocycles. The molecule has 5 heteroatoms. The Labute approximate surface area is 136 Å². The standard InChI is InChI=1S/C18H24N4O/c1-3-7-14-10-22(11-15(14)19)18(23)16-12(2)20-17(21-16)13-8-5-4-6-9-13/h4-6,8-9,14-15H,3,7,10-11,19H2,1-2H3,(H,20,21)/t14-,15-/m0/s1. The number of nitrogens with one attached hydrogen (secondary N) is 1. The summed E-state index contributed by atoms with van der Waals surface area (Å²) in [5, 5.41) is 0. The number of hydrogen-bond acceptors (Lipinski definition) is 3. The highest BCUT2D eigenvalue weighted by Crippen LogP contribution is 2.24. The zero-order valence-corrected chi connectivity index (χ0v) is 13.7. The molecule has 3 N–H and O–H groups in total. The average Bonchev–Trinajstić information content (AvgIpc) is 3.12. The van der Waals surface area contributed by atoms with E-state index in [-0.39, 0.29) is 11.9 Å². The van der Waals surface area contributed by atoms with Crippen molar-refractivity contribution in [3.8, 4) is 11.4 Å². The smallest absolute Gasteiger partial charge is 0.274 e. The molecule has 1 fully saturated rings. The van der Waals surface area contributed by atoms with E-state index in [0.29, 0.717) is 18.2 Å². The van der Waals surface area contributed by atoms with Crippen molar-refractivity contribution < 1.29 is 4.79 Å². The van der Waals surface area contributed by atoms with Crippen LogP contribution in [0.4, 0.5) is 0 Å². The monoisotopic (exact) mass is 312 g/mol. The van der Waals surface area contributed by atoms with E-state index in [1.54, 1.807) is 0 Å². The first-order chi connectivity index (χ1) is 11.1. The number of carbonyl (C=O) groups is 1. The van der Waals surface area contributed by atoms with Crippen molar-refractivity contribution in [3.63, 3.8) is 0 Å². The Hall–Kier alpha value is -2.14. The number of nitrogens with zero attached hydrogens (tertiary/aromatic N) is 2. The van der Waals surface area contributed by atoms with Gasteiger partial charge in [-0.15, -0.1) is 0 Å². The van der Waals surface area contributed by atoms with E-state index < -0.39 is 0 Å². The number of carbonyl (C=O) groups excluding carboxylic acids is 1. The second-order valence-electron chi connectivity index (χ2n) is 6.35. The Morgan fingerprint density at radius 2 is 2.09 bits per heavy atom. The van der Waals surface area contributed by atoms with E-state index in [0.717, 1.165) is 36.5 Å². The van der Waals surface area contributed by atoms with E-state index in [2.05, 4.69) is 16.9 Å². The highest BCUT2D eigenvalue weighted by molar-refractivity contribution is 5.94. The van der Waals surface area contributed by atoms with Crippen LogP contribution in [0.15, 0.2) is 30.3 Å². The number of hydrogen-bond donors (Lipinski definition) is 2. The van der Waals surface area contributed by atoms with Crippen LogP contribution < -0.4 is 5.73 Å². The Bertz CT molecular complexity index is 680. The normalized spacial score (nSPS) is 20.9. The van der Waals surface area contributed by atoms with Gasteiger partial charge < -0.3 is 15.6 Å². The summed E-state index contributed by atoms with van der Waals surface area (Å²) in [5.41, 5.74) is 8.48. The molecule has 0 bridgehead atoms. The van der Waals surface area contributed by atoms with Crippen molar-refractivity contribution in [3.05, 3.63) is 41.7 Å². The molecule has 1 saturated heterocycles. The zero-order chi connectivity index (χ0) is 16.4. The van der Waals surface area contributed by atoms with Crippen molar-refractivity contribution in [1.82, 2.24) is 14.9 Å². The number of H-pyrrole nitrogens is 1. The highest BCUT2D eigenvalue weighted by atomic mass is 16.2. The molecule has 2 atom stereocenters. The number of aromatic amines is 1. The number of imidazole rings is 1. The molecule has 0 radical (unpaired) electrons. The lowest BCUT2D eigenvalue weighted by atomic mass is 9.99. The Morgan fingerprint density at radius 1 is 1.35 bits per heavy atom. The van der Waals surface area contributed by atoms with Crippen LogP contribution in [0.2, 0.25) is 0 Å². The fraction of sp³-hybridized carbons (Fsp3) is 0.444. The van der Waals surface area contributed by atoms with Crippen LogP contribution >= 0.6 is 0 Å². The molecule has 23 heavy (non-hydrogen) atoms. The van der Waals surface area contributed by atoms with Gasteiger partial charge >= 0.3 is 0 Å². The van der Waals surface area contributed by atoms with Gasteiger partial charge in [0.15, 0.2) is 0 Å². The van der Waals surface area contributed by atoms with Gasteiger partial charge in [-0.25, -0.2) is 4.98 Å². The largest absolute Gasteiger partial charge is 0.341 e. The fourth-order valence-corrected chi connectivity index (χ4v) is 3.29. The van der Waals surface area contributed by atoms with Crippen molar-refractivity contribution in [1.29, 1.82) is 0 Å². The van der Waals surface area contributed by atoms with E-state index in [4.69, 9.17) is 5.73 Å². The first-order valence-electron chi connectivity index (χ1n) is 8.27. The molecular formula is C18H24N4O. The summed E-state index contributed by atoms with van der Waals surface area (Å²) in [5.74, 6) is 1.12. The van der Waals surface area contributed by atoms with E-state index in [9.17, 15) is 4.79 Å². The third-order valence-electron chi connectivity index (χ3n) is 4.57. The summed E-state index contributed by atoms with van der Waals surface area (Å²) < 4.78 is 0. The molecule has 0 unspecified atom stereocenters. The van der Waals surface area contributed by atoms with Crippen molar-refractivity contribution in [2.45, 2.75) is 32.7 Å².